The molecule has 0 radical (unpaired) electrons. The molecule has 1 aliphatic rings. The van der Waals surface area contributed by atoms with E-state index in [2.05, 4.69) is 30.5 Å². The highest BCUT2D eigenvalue weighted by Crippen LogP contribution is 2.26. The molecular formula is C20H26BrN3O3S. The number of halogens is 1. The first kappa shape index (κ1) is 21.2. The zero-order valence-corrected chi connectivity index (χ0v) is 18.5. The highest BCUT2D eigenvalue weighted by atomic mass is 79.9. The third-order valence-corrected chi connectivity index (χ3v) is 6.84. The van der Waals surface area contributed by atoms with Crippen molar-refractivity contribution in [3.05, 3.63) is 52.6 Å². The lowest BCUT2D eigenvalue weighted by atomic mass is 10.1. The minimum Gasteiger partial charge on any atom is -0.370 e. The molecule has 0 saturated carbocycles. The molecule has 2 aromatic rings. The Balaban J connectivity index is 1.69. The topological polar surface area (TPSA) is 71.5 Å². The Kier molecular flexibility index (Phi) is 7.09. The number of hydrogen-bond acceptors (Lipinski definition) is 5. The standard InChI is InChI=1S/C20H26BrN3O3S/c1-3-4-15(2)23-28(25,26)18-9-10-20(22-13-18)24-11-12-27-19(14-24)16-5-7-17(21)8-6-16/h5-10,13,15,19,23H,3-4,11-12,14H2,1-2H3. The maximum atomic E-state index is 12.5. The molecule has 1 fully saturated rings. The summed E-state index contributed by atoms with van der Waals surface area (Å²) in [6.07, 6.45) is 3.12. The van der Waals surface area contributed by atoms with Crippen molar-refractivity contribution in [3.8, 4) is 0 Å². The summed E-state index contributed by atoms with van der Waals surface area (Å²) in [4.78, 5) is 6.72. The first-order valence-corrected chi connectivity index (χ1v) is 11.8. The molecule has 2 heterocycles. The van der Waals surface area contributed by atoms with Gasteiger partial charge >= 0.3 is 0 Å². The lowest BCUT2D eigenvalue weighted by molar-refractivity contribution is 0.0395. The molecule has 28 heavy (non-hydrogen) atoms. The number of morpholine rings is 1. The third-order valence-electron chi connectivity index (χ3n) is 4.74. The van der Waals surface area contributed by atoms with Crippen molar-refractivity contribution in [2.75, 3.05) is 24.6 Å². The highest BCUT2D eigenvalue weighted by Gasteiger charge is 2.24. The van der Waals surface area contributed by atoms with Crippen LogP contribution in [0.1, 0.15) is 38.4 Å². The fourth-order valence-electron chi connectivity index (χ4n) is 3.28. The minimum atomic E-state index is -3.55. The van der Waals surface area contributed by atoms with Crippen molar-refractivity contribution < 1.29 is 13.2 Å². The molecule has 1 saturated heterocycles. The molecule has 0 amide bonds. The average molecular weight is 468 g/mol. The molecule has 2 atom stereocenters. The Morgan fingerprint density at radius 3 is 2.68 bits per heavy atom. The lowest BCUT2D eigenvalue weighted by Crippen LogP contribution is -2.39. The largest absolute Gasteiger partial charge is 0.370 e. The number of hydrogen-bond donors (Lipinski definition) is 1. The first-order chi connectivity index (χ1) is 13.4. The molecule has 1 aliphatic heterocycles. The Bertz CT molecular complexity index is 873. The Morgan fingerprint density at radius 2 is 2.04 bits per heavy atom. The van der Waals surface area contributed by atoms with Gasteiger partial charge in [-0.1, -0.05) is 41.4 Å². The molecule has 1 N–H and O–H groups in total. The number of nitrogens with zero attached hydrogens (tertiary/aromatic N) is 2. The molecular weight excluding hydrogens is 442 g/mol. The summed E-state index contributed by atoms with van der Waals surface area (Å²) in [5.41, 5.74) is 1.11. The second-order valence-corrected chi connectivity index (χ2v) is 9.65. The van der Waals surface area contributed by atoms with Crippen LogP contribution in [0.25, 0.3) is 0 Å². The SMILES string of the molecule is CCCC(C)NS(=O)(=O)c1ccc(N2CCOC(c3ccc(Br)cc3)C2)nc1. The zero-order valence-electron chi connectivity index (χ0n) is 16.1. The van der Waals surface area contributed by atoms with Gasteiger partial charge in [-0.2, -0.15) is 0 Å². The minimum absolute atomic E-state index is 0.0383. The molecule has 1 aromatic carbocycles. The maximum Gasteiger partial charge on any atom is 0.242 e. The van der Waals surface area contributed by atoms with Crippen molar-refractivity contribution in [3.63, 3.8) is 0 Å². The molecule has 0 aliphatic carbocycles. The van der Waals surface area contributed by atoms with E-state index in [-0.39, 0.29) is 17.0 Å². The smallest absolute Gasteiger partial charge is 0.242 e. The van der Waals surface area contributed by atoms with Crippen LogP contribution in [0.4, 0.5) is 5.82 Å². The number of ether oxygens (including phenoxy) is 1. The summed E-state index contributed by atoms with van der Waals surface area (Å²) in [5.74, 6) is 0.756. The quantitative estimate of drug-likeness (QED) is 0.668. The van der Waals surface area contributed by atoms with Gasteiger partial charge in [0.25, 0.3) is 0 Å². The molecule has 0 bridgehead atoms. The van der Waals surface area contributed by atoms with Crippen LogP contribution in [0.15, 0.2) is 52.0 Å². The summed E-state index contributed by atoms with van der Waals surface area (Å²) in [5, 5.41) is 0. The van der Waals surface area contributed by atoms with Gasteiger partial charge < -0.3 is 9.64 Å². The van der Waals surface area contributed by atoms with Crippen molar-refractivity contribution in [2.45, 2.75) is 43.7 Å². The van der Waals surface area contributed by atoms with E-state index in [1.165, 1.54) is 6.20 Å². The predicted octanol–water partition coefficient (Wildman–Crippen LogP) is 3.89. The van der Waals surface area contributed by atoms with E-state index in [1.807, 2.05) is 38.1 Å². The summed E-state index contributed by atoms with van der Waals surface area (Å²) in [6.45, 7) is 5.90. The fraction of sp³-hybridized carbons (Fsp3) is 0.450. The van der Waals surface area contributed by atoms with Crippen LogP contribution >= 0.6 is 15.9 Å². The van der Waals surface area contributed by atoms with Crippen LogP contribution < -0.4 is 9.62 Å². The van der Waals surface area contributed by atoms with Gasteiger partial charge in [-0.15, -0.1) is 0 Å². The van der Waals surface area contributed by atoms with Gasteiger partial charge in [0.2, 0.25) is 10.0 Å². The number of rotatable bonds is 7. The van der Waals surface area contributed by atoms with Crippen molar-refractivity contribution in [1.82, 2.24) is 9.71 Å². The molecule has 8 heteroatoms. The van der Waals surface area contributed by atoms with Gasteiger partial charge in [-0.3, -0.25) is 0 Å². The van der Waals surface area contributed by atoms with Crippen LogP contribution in [-0.2, 0) is 14.8 Å². The molecule has 2 unspecified atom stereocenters. The molecule has 3 rings (SSSR count). The van der Waals surface area contributed by atoms with Gasteiger partial charge in [-0.25, -0.2) is 18.1 Å². The number of anilines is 1. The van der Waals surface area contributed by atoms with Crippen molar-refractivity contribution in [1.29, 1.82) is 0 Å². The number of benzene rings is 1. The highest BCUT2D eigenvalue weighted by molar-refractivity contribution is 9.10. The van der Waals surface area contributed by atoms with E-state index < -0.39 is 10.0 Å². The monoisotopic (exact) mass is 467 g/mol. The van der Waals surface area contributed by atoms with Crippen LogP contribution in [0.2, 0.25) is 0 Å². The van der Waals surface area contributed by atoms with Crippen molar-refractivity contribution in [2.24, 2.45) is 0 Å². The Labute approximate surface area is 175 Å². The van der Waals surface area contributed by atoms with Gasteiger partial charge in [0.15, 0.2) is 0 Å². The molecule has 6 nitrogen and oxygen atoms in total. The Hall–Kier alpha value is -1.48. The summed E-state index contributed by atoms with van der Waals surface area (Å²) >= 11 is 3.45. The van der Waals surface area contributed by atoms with Crippen LogP contribution in [0.5, 0.6) is 0 Å². The molecule has 0 spiro atoms. The Morgan fingerprint density at radius 1 is 1.29 bits per heavy atom. The number of pyridine rings is 1. The van der Waals surface area contributed by atoms with E-state index in [0.29, 0.717) is 13.2 Å². The second-order valence-electron chi connectivity index (χ2n) is 7.02. The van der Waals surface area contributed by atoms with Crippen molar-refractivity contribution >= 4 is 31.8 Å². The van der Waals surface area contributed by atoms with Gasteiger partial charge in [0.05, 0.1) is 6.61 Å². The normalized spacial score (nSPS) is 18.8. The molecule has 152 valence electrons. The lowest BCUT2D eigenvalue weighted by Gasteiger charge is -2.34. The number of sulfonamides is 1. The summed E-state index contributed by atoms with van der Waals surface area (Å²) in [7, 11) is -3.55. The summed E-state index contributed by atoms with van der Waals surface area (Å²) in [6, 6.07) is 11.4. The predicted molar refractivity (Wildman–Crippen MR) is 114 cm³/mol. The van der Waals surface area contributed by atoms with E-state index in [4.69, 9.17) is 4.74 Å². The van der Waals surface area contributed by atoms with Crippen LogP contribution in [0.3, 0.4) is 0 Å². The molecule has 1 aromatic heterocycles. The third kappa shape index (κ3) is 5.31. The van der Waals surface area contributed by atoms with Gasteiger partial charge in [0.1, 0.15) is 16.8 Å². The zero-order chi connectivity index (χ0) is 20.1. The average Bonchev–Trinajstić information content (AvgIpc) is 2.68. The van der Waals surface area contributed by atoms with E-state index in [0.717, 1.165) is 35.2 Å². The van der Waals surface area contributed by atoms with Gasteiger partial charge in [-0.05, 0) is 43.2 Å². The van der Waals surface area contributed by atoms with E-state index >= 15 is 0 Å². The number of aromatic nitrogens is 1. The van der Waals surface area contributed by atoms with E-state index in [1.54, 1.807) is 12.1 Å². The second kappa shape index (κ2) is 9.35. The van der Waals surface area contributed by atoms with Crippen LogP contribution in [-0.4, -0.2) is 39.1 Å². The summed E-state index contributed by atoms with van der Waals surface area (Å²) < 4.78 is 34.6. The van der Waals surface area contributed by atoms with Gasteiger partial charge in [0, 0.05) is 29.8 Å². The van der Waals surface area contributed by atoms with E-state index in [9.17, 15) is 8.42 Å². The maximum absolute atomic E-state index is 12.5. The number of nitrogens with one attached hydrogen (secondary N) is 1. The van der Waals surface area contributed by atoms with Crippen LogP contribution in [0, 0.1) is 0 Å². The fourth-order valence-corrected chi connectivity index (χ4v) is 4.77. The first-order valence-electron chi connectivity index (χ1n) is 9.49.